The molecule has 0 fully saturated rings. The van der Waals surface area contributed by atoms with Gasteiger partial charge in [0.05, 0.1) is 5.57 Å². The van der Waals surface area contributed by atoms with Crippen LogP contribution in [0.25, 0.3) is 0 Å². The standard InChI is InChI=1S/C14H20O2/c1-14(2)8-11(15)13(12(16)9-14)10-6-4-3-5-7-10/h6,15H,3-5,7-9H2,1-2H3. The van der Waals surface area contributed by atoms with Gasteiger partial charge < -0.3 is 5.11 Å². The summed E-state index contributed by atoms with van der Waals surface area (Å²) in [7, 11) is 0. The van der Waals surface area contributed by atoms with E-state index in [1.54, 1.807) is 0 Å². The van der Waals surface area contributed by atoms with Crippen LogP contribution in [-0.2, 0) is 4.79 Å². The Bertz CT molecular complexity index is 372. The molecule has 16 heavy (non-hydrogen) atoms. The van der Waals surface area contributed by atoms with Crippen LogP contribution in [0.2, 0.25) is 0 Å². The van der Waals surface area contributed by atoms with E-state index in [4.69, 9.17) is 0 Å². The fourth-order valence-electron chi connectivity index (χ4n) is 2.72. The molecule has 0 aliphatic heterocycles. The fourth-order valence-corrected chi connectivity index (χ4v) is 2.72. The van der Waals surface area contributed by atoms with E-state index in [-0.39, 0.29) is 11.2 Å². The first-order valence-corrected chi connectivity index (χ1v) is 6.14. The lowest BCUT2D eigenvalue weighted by atomic mass is 9.74. The number of aliphatic hydroxyl groups excluding tert-OH is 1. The van der Waals surface area contributed by atoms with Crippen molar-refractivity contribution in [3.8, 4) is 0 Å². The smallest absolute Gasteiger partial charge is 0.167 e. The molecule has 0 aromatic rings. The van der Waals surface area contributed by atoms with Gasteiger partial charge in [-0.1, -0.05) is 19.9 Å². The number of Topliss-reactive ketones (excluding diaryl/α,β-unsaturated/α-hetero) is 1. The number of aliphatic hydroxyl groups is 1. The van der Waals surface area contributed by atoms with Crippen LogP contribution < -0.4 is 0 Å². The highest BCUT2D eigenvalue weighted by Gasteiger charge is 2.34. The molecule has 0 unspecified atom stereocenters. The van der Waals surface area contributed by atoms with Gasteiger partial charge in [-0.05, 0) is 36.7 Å². The third-order valence-electron chi connectivity index (χ3n) is 3.46. The molecule has 0 atom stereocenters. The zero-order chi connectivity index (χ0) is 11.8. The van der Waals surface area contributed by atoms with Crippen molar-refractivity contribution in [2.75, 3.05) is 0 Å². The van der Waals surface area contributed by atoms with Crippen LogP contribution >= 0.6 is 0 Å². The van der Waals surface area contributed by atoms with Crippen LogP contribution in [0.15, 0.2) is 23.0 Å². The summed E-state index contributed by atoms with van der Waals surface area (Å²) < 4.78 is 0. The van der Waals surface area contributed by atoms with E-state index in [1.165, 1.54) is 6.42 Å². The van der Waals surface area contributed by atoms with Gasteiger partial charge in [0.1, 0.15) is 5.76 Å². The number of hydrogen-bond acceptors (Lipinski definition) is 2. The molecule has 2 aliphatic carbocycles. The summed E-state index contributed by atoms with van der Waals surface area (Å²) in [5.41, 5.74) is 1.64. The van der Waals surface area contributed by atoms with Gasteiger partial charge in [-0.2, -0.15) is 0 Å². The van der Waals surface area contributed by atoms with Crippen LogP contribution in [-0.4, -0.2) is 10.9 Å². The molecule has 2 rings (SSSR count). The zero-order valence-corrected chi connectivity index (χ0v) is 10.2. The van der Waals surface area contributed by atoms with Gasteiger partial charge in [-0.25, -0.2) is 0 Å². The largest absolute Gasteiger partial charge is 0.512 e. The van der Waals surface area contributed by atoms with Crippen LogP contribution in [0, 0.1) is 5.41 Å². The first-order valence-electron chi connectivity index (χ1n) is 6.14. The first kappa shape index (κ1) is 11.4. The fraction of sp³-hybridized carbons (Fsp3) is 0.643. The van der Waals surface area contributed by atoms with Gasteiger partial charge in [-0.3, -0.25) is 4.79 Å². The molecule has 0 spiro atoms. The van der Waals surface area contributed by atoms with Gasteiger partial charge >= 0.3 is 0 Å². The van der Waals surface area contributed by atoms with E-state index < -0.39 is 0 Å². The van der Waals surface area contributed by atoms with Crippen LogP contribution in [0.4, 0.5) is 0 Å². The van der Waals surface area contributed by atoms with Crippen molar-refractivity contribution < 1.29 is 9.90 Å². The minimum absolute atomic E-state index is 0.0834. The number of carbonyl (C=O) groups is 1. The van der Waals surface area contributed by atoms with E-state index in [2.05, 4.69) is 6.08 Å². The molecule has 0 saturated carbocycles. The third-order valence-corrected chi connectivity index (χ3v) is 3.46. The van der Waals surface area contributed by atoms with Crippen LogP contribution in [0.5, 0.6) is 0 Å². The van der Waals surface area contributed by atoms with Crippen molar-refractivity contribution in [2.24, 2.45) is 5.41 Å². The second-order valence-corrected chi connectivity index (χ2v) is 5.74. The summed E-state index contributed by atoms with van der Waals surface area (Å²) in [5.74, 6) is 0.441. The summed E-state index contributed by atoms with van der Waals surface area (Å²) in [6, 6.07) is 0. The van der Waals surface area contributed by atoms with E-state index in [0.29, 0.717) is 24.2 Å². The maximum atomic E-state index is 12.1. The molecule has 0 saturated heterocycles. The van der Waals surface area contributed by atoms with Gasteiger partial charge in [0.25, 0.3) is 0 Å². The number of rotatable bonds is 1. The molecule has 0 heterocycles. The van der Waals surface area contributed by atoms with Crippen molar-refractivity contribution >= 4 is 5.78 Å². The Kier molecular flexibility index (Phi) is 2.92. The van der Waals surface area contributed by atoms with Gasteiger partial charge in [0.15, 0.2) is 5.78 Å². The molecule has 0 bridgehead atoms. The Labute approximate surface area is 97.0 Å². The van der Waals surface area contributed by atoms with E-state index in [0.717, 1.165) is 24.8 Å². The van der Waals surface area contributed by atoms with E-state index >= 15 is 0 Å². The molecule has 88 valence electrons. The first-order chi connectivity index (χ1) is 7.49. The Hall–Kier alpha value is -1.05. The van der Waals surface area contributed by atoms with Crippen molar-refractivity contribution in [3.05, 3.63) is 23.0 Å². The number of hydrogen-bond donors (Lipinski definition) is 1. The Morgan fingerprint density at radius 3 is 2.56 bits per heavy atom. The number of ketones is 1. The van der Waals surface area contributed by atoms with E-state index in [1.807, 2.05) is 13.8 Å². The summed E-state index contributed by atoms with van der Waals surface area (Å²) in [5, 5.41) is 10.0. The van der Waals surface area contributed by atoms with Crippen LogP contribution in [0.1, 0.15) is 52.4 Å². The minimum Gasteiger partial charge on any atom is -0.512 e. The van der Waals surface area contributed by atoms with Crippen LogP contribution in [0.3, 0.4) is 0 Å². The molecule has 0 radical (unpaired) electrons. The molecule has 0 aromatic heterocycles. The normalized spacial score (nSPS) is 25.6. The van der Waals surface area contributed by atoms with Crippen molar-refractivity contribution in [1.29, 1.82) is 0 Å². The average Bonchev–Trinajstić information content (AvgIpc) is 2.16. The average molecular weight is 220 g/mol. The SMILES string of the molecule is CC1(C)CC(=O)C(C2=CCCCC2)=C(O)C1. The Morgan fingerprint density at radius 1 is 1.25 bits per heavy atom. The maximum Gasteiger partial charge on any atom is 0.167 e. The highest BCUT2D eigenvalue weighted by Crippen LogP contribution is 2.39. The number of carbonyl (C=O) groups excluding carboxylic acids is 1. The molecule has 0 aromatic carbocycles. The van der Waals surface area contributed by atoms with Crippen molar-refractivity contribution in [1.82, 2.24) is 0 Å². The van der Waals surface area contributed by atoms with Crippen molar-refractivity contribution in [2.45, 2.75) is 52.4 Å². The topological polar surface area (TPSA) is 37.3 Å². The summed E-state index contributed by atoms with van der Waals surface area (Å²) in [6.45, 7) is 4.07. The van der Waals surface area contributed by atoms with Gasteiger partial charge in [0, 0.05) is 12.8 Å². The third kappa shape index (κ3) is 2.21. The zero-order valence-electron chi connectivity index (χ0n) is 10.2. The van der Waals surface area contributed by atoms with Gasteiger partial charge in [-0.15, -0.1) is 0 Å². The molecular formula is C14H20O2. The minimum atomic E-state index is -0.0834. The summed E-state index contributed by atoms with van der Waals surface area (Å²) in [4.78, 5) is 12.1. The Morgan fingerprint density at radius 2 is 2.00 bits per heavy atom. The summed E-state index contributed by atoms with van der Waals surface area (Å²) in [6.07, 6.45) is 7.66. The quantitative estimate of drug-likeness (QED) is 0.731. The highest BCUT2D eigenvalue weighted by molar-refractivity contribution is 6.01. The lowest BCUT2D eigenvalue weighted by molar-refractivity contribution is -0.118. The molecule has 0 amide bonds. The second-order valence-electron chi connectivity index (χ2n) is 5.74. The molecule has 2 aliphatic rings. The molecular weight excluding hydrogens is 200 g/mol. The van der Waals surface area contributed by atoms with Crippen molar-refractivity contribution in [3.63, 3.8) is 0 Å². The molecule has 2 nitrogen and oxygen atoms in total. The molecule has 2 heteroatoms. The molecule has 1 N–H and O–H groups in total. The Balaban J connectivity index is 2.32. The summed E-state index contributed by atoms with van der Waals surface area (Å²) >= 11 is 0. The second kappa shape index (κ2) is 4.08. The predicted octanol–water partition coefficient (Wildman–Crippen LogP) is 3.69. The van der Waals surface area contributed by atoms with Gasteiger partial charge in [0.2, 0.25) is 0 Å². The lowest BCUT2D eigenvalue weighted by Gasteiger charge is -2.31. The highest BCUT2D eigenvalue weighted by atomic mass is 16.3. The predicted molar refractivity (Wildman–Crippen MR) is 64.2 cm³/mol. The number of allylic oxidation sites excluding steroid dienone is 4. The van der Waals surface area contributed by atoms with E-state index in [9.17, 15) is 9.90 Å². The lowest BCUT2D eigenvalue weighted by Crippen LogP contribution is -2.26. The maximum absolute atomic E-state index is 12.1. The monoisotopic (exact) mass is 220 g/mol.